The Morgan fingerprint density at radius 3 is 2.53 bits per heavy atom. The van der Waals surface area contributed by atoms with E-state index in [1.165, 1.54) is 17.7 Å². The molecule has 0 aromatic heterocycles. The zero-order chi connectivity index (χ0) is 14.3. The molecule has 0 radical (unpaired) electrons. The van der Waals surface area contributed by atoms with Crippen LogP contribution in [0.5, 0.6) is 0 Å². The molecular formula is C13H21N3O3. The van der Waals surface area contributed by atoms with E-state index in [1.54, 1.807) is 7.05 Å². The zero-order valence-corrected chi connectivity index (χ0v) is 11.3. The first kappa shape index (κ1) is 15.3. The quantitative estimate of drug-likeness (QED) is 0.696. The van der Waals surface area contributed by atoms with E-state index < -0.39 is 5.97 Å². The Morgan fingerprint density at radius 1 is 1.37 bits per heavy atom. The molecule has 1 aliphatic rings. The predicted molar refractivity (Wildman–Crippen MR) is 71.7 cm³/mol. The van der Waals surface area contributed by atoms with Crippen LogP contribution in [0.2, 0.25) is 0 Å². The maximum absolute atomic E-state index is 12.0. The van der Waals surface area contributed by atoms with E-state index in [0.717, 1.165) is 24.5 Å². The van der Waals surface area contributed by atoms with Gasteiger partial charge in [0.05, 0.1) is 6.54 Å². The minimum atomic E-state index is -1.06. The van der Waals surface area contributed by atoms with Gasteiger partial charge in [-0.1, -0.05) is 5.92 Å². The Balaban J connectivity index is 2.42. The number of likely N-dealkylation sites (tertiary alicyclic amines) is 1. The second kappa shape index (κ2) is 7.64. The number of rotatable bonds is 6. The molecule has 0 saturated carbocycles. The van der Waals surface area contributed by atoms with Gasteiger partial charge in [0.1, 0.15) is 6.54 Å². The lowest BCUT2D eigenvalue weighted by atomic mass is 10.4. The van der Waals surface area contributed by atoms with E-state index >= 15 is 0 Å². The van der Waals surface area contributed by atoms with Gasteiger partial charge >= 0.3 is 12.0 Å². The van der Waals surface area contributed by atoms with Crippen LogP contribution in [0.25, 0.3) is 0 Å². The molecule has 1 aliphatic heterocycles. The van der Waals surface area contributed by atoms with Crippen LogP contribution in [0.1, 0.15) is 12.8 Å². The van der Waals surface area contributed by atoms with Gasteiger partial charge in [-0.05, 0) is 25.9 Å². The largest absolute Gasteiger partial charge is 0.480 e. The van der Waals surface area contributed by atoms with Gasteiger partial charge in [0.25, 0.3) is 0 Å². The summed E-state index contributed by atoms with van der Waals surface area (Å²) in [6.45, 7) is 3.20. The number of hydrogen-bond acceptors (Lipinski definition) is 3. The molecule has 1 saturated heterocycles. The van der Waals surface area contributed by atoms with Crippen LogP contribution in [0.4, 0.5) is 4.79 Å². The molecule has 1 fully saturated rings. The minimum absolute atomic E-state index is 0.0131. The number of nitrogens with zero attached hydrogens (tertiary/aromatic N) is 3. The molecule has 1 heterocycles. The van der Waals surface area contributed by atoms with Gasteiger partial charge in [0.2, 0.25) is 0 Å². The summed E-state index contributed by atoms with van der Waals surface area (Å²) >= 11 is 0. The average molecular weight is 267 g/mol. The van der Waals surface area contributed by atoms with Gasteiger partial charge in [0, 0.05) is 20.1 Å². The molecule has 0 bridgehead atoms. The van der Waals surface area contributed by atoms with Crippen molar-refractivity contribution in [3.05, 3.63) is 0 Å². The number of carbonyl (C=O) groups excluding carboxylic acids is 1. The molecule has 0 aromatic carbocycles. The van der Waals surface area contributed by atoms with E-state index in [1.807, 2.05) is 0 Å². The first-order valence-corrected chi connectivity index (χ1v) is 6.42. The number of carboxylic acid groups (broad SMARTS) is 1. The summed E-state index contributed by atoms with van der Waals surface area (Å²) in [4.78, 5) is 27.7. The summed E-state index contributed by atoms with van der Waals surface area (Å²) in [6, 6.07) is -0.334. The normalized spacial score (nSPS) is 14.9. The highest BCUT2D eigenvalue weighted by molar-refractivity contribution is 5.80. The van der Waals surface area contributed by atoms with Crippen LogP contribution in [0.15, 0.2) is 0 Å². The fourth-order valence-corrected chi connectivity index (χ4v) is 2.10. The SMILES string of the molecule is C#CCN(CC(=O)O)C(=O)N(C)CCN1CCCC1. The number of terminal acetylenes is 1. The highest BCUT2D eigenvalue weighted by atomic mass is 16.4. The van der Waals surface area contributed by atoms with E-state index in [0.29, 0.717) is 6.54 Å². The lowest BCUT2D eigenvalue weighted by Gasteiger charge is -2.27. The van der Waals surface area contributed by atoms with Crippen LogP contribution in [0.3, 0.4) is 0 Å². The molecule has 106 valence electrons. The van der Waals surface area contributed by atoms with Gasteiger partial charge < -0.3 is 19.8 Å². The van der Waals surface area contributed by atoms with Gasteiger partial charge in [0.15, 0.2) is 0 Å². The Labute approximate surface area is 114 Å². The first-order valence-electron chi connectivity index (χ1n) is 6.42. The number of likely N-dealkylation sites (N-methyl/N-ethyl adjacent to an activating group) is 1. The molecule has 0 atom stereocenters. The molecule has 0 unspecified atom stereocenters. The van der Waals surface area contributed by atoms with Crippen molar-refractivity contribution >= 4 is 12.0 Å². The van der Waals surface area contributed by atoms with Crippen molar-refractivity contribution in [2.75, 3.05) is 46.3 Å². The Kier molecular flexibility index (Phi) is 6.16. The Hall–Kier alpha value is -1.74. The number of aliphatic carboxylic acids is 1. The number of urea groups is 1. The molecule has 0 aliphatic carbocycles. The molecule has 0 aromatic rings. The lowest BCUT2D eigenvalue weighted by Crippen LogP contribution is -2.46. The standard InChI is InChI=1S/C13H21N3O3/c1-3-6-16(11-12(17)18)13(19)14(2)9-10-15-7-4-5-8-15/h1H,4-11H2,2H3,(H,17,18). The summed E-state index contributed by atoms with van der Waals surface area (Å²) in [5, 5.41) is 8.75. The molecule has 0 spiro atoms. The van der Waals surface area contributed by atoms with Gasteiger partial charge in [-0.25, -0.2) is 4.79 Å². The average Bonchev–Trinajstić information content (AvgIpc) is 2.87. The second-order valence-electron chi connectivity index (χ2n) is 4.71. The molecule has 1 N–H and O–H groups in total. The van der Waals surface area contributed by atoms with E-state index in [-0.39, 0.29) is 19.1 Å². The van der Waals surface area contributed by atoms with Crippen LogP contribution in [0, 0.1) is 12.3 Å². The highest BCUT2D eigenvalue weighted by Crippen LogP contribution is 2.07. The van der Waals surface area contributed by atoms with Gasteiger partial charge in [-0.3, -0.25) is 4.79 Å². The van der Waals surface area contributed by atoms with E-state index in [9.17, 15) is 9.59 Å². The topological polar surface area (TPSA) is 64.1 Å². The number of carboxylic acids is 1. The van der Waals surface area contributed by atoms with Crippen LogP contribution in [-0.4, -0.2) is 78.1 Å². The molecule has 19 heavy (non-hydrogen) atoms. The summed E-state index contributed by atoms with van der Waals surface area (Å²) in [6.07, 6.45) is 7.57. The van der Waals surface area contributed by atoms with Crippen molar-refractivity contribution in [3.8, 4) is 12.3 Å². The highest BCUT2D eigenvalue weighted by Gasteiger charge is 2.20. The molecule has 6 nitrogen and oxygen atoms in total. The third-order valence-electron chi connectivity index (χ3n) is 3.16. The summed E-state index contributed by atoms with van der Waals surface area (Å²) in [5.74, 6) is 1.25. The summed E-state index contributed by atoms with van der Waals surface area (Å²) in [5.41, 5.74) is 0. The Bertz CT molecular complexity index is 359. The smallest absolute Gasteiger partial charge is 0.323 e. The minimum Gasteiger partial charge on any atom is -0.480 e. The molecular weight excluding hydrogens is 246 g/mol. The van der Waals surface area contributed by atoms with E-state index in [2.05, 4.69) is 10.8 Å². The molecule has 1 rings (SSSR count). The van der Waals surface area contributed by atoms with E-state index in [4.69, 9.17) is 11.5 Å². The second-order valence-corrected chi connectivity index (χ2v) is 4.71. The number of amides is 2. The summed E-state index contributed by atoms with van der Waals surface area (Å²) < 4.78 is 0. The van der Waals surface area contributed by atoms with Crippen molar-refractivity contribution in [2.45, 2.75) is 12.8 Å². The lowest BCUT2D eigenvalue weighted by molar-refractivity contribution is -0.137. The third-order valence-corrected chi connectivity index (χ3v) is 3.16. The van der Waals surface area contributed by atoms with Crippen molar-refractivity contribution in [2.24, 2.45) is 0 Å². The van der Waals surface area contributed by atoms with Crippen molar-refractivity contribution in [1.29, 1.82) is 0 Å². The monoisotopic (exact) mass is 267 g/mol. The fourth-order valence-electron chi connectivity index (χ4n) is 2.10. The number of carbonyl (C=O) groups is 2. The first-order chi connectivity index (χ1) is 9.04. The molecule has 6 heteroatoms. The maximum atomic E-state index is 12.0. The Morgan fingerprint density at radius 2 is 2.00 bits per heavy atom. The van der Waals surface area contributed by atoms with Crippen LogP contribution >= 0.6 is 0 Å². The van der Waals surface area contributed by atoms with Crippen LogP contribution < -0.4 is 0 Å². The maximum Gasteiger partial charge on any atom is 0.323 e. The zero-order valence-electron chi connectivity index (χ0n) is 11.3. The van der Waals surface area contributed by atoms with Crippen molar-refractivity contribution in [3.63, 3.8) is 0 Å². The predicted octanol–water partition coefficient (Wildman–Crippen LogP) is 0.154. The summed E-state index contributed by atoms with van der Waals surface area (Å²) in [7, 11) is 1.67. The molecule has 2 amide bonds. The van der Waals surface area contributed by atoms with Gasteiger partial charge in [-0.15, -0.1) is 6.42 Å². The van der Waals surface area contributed by atoms with Crippen LogP contribution in [-0.2, 0) is 4.79 Å². The van der Waals surface area contributed by atoms with Crippen molar-refractivity contribution < 1.29 is 14.7 Å². The fraction of sp³-hybridized carbons (Fsp3) is 0.692. The van der Waals surface area contributed by atoms with Crippen molar-refractivity contribution in [1.82, 2.24) is 14.7 Å². The third kappa shape index (κ3) is 5.18. The number of hydrogen-bond donors (Lipinski definition) is 1. The van der Waals surface area contributed by atoms with Gasteiger partial charge in [-0.2, -0.15) is 0 Å².